The van der Waals surface area contributed by atoms with E-state index in [-0.39, 0.29) is 0 Å². The Kier molecular flexibility index (Phi) is 3.65. The fourth-order valence-electron chi connectivity index (χ4n) is 2.70. The smallest absolute Gasteiger partial charge is 0.114 e. The van der Waals surface area contributed by atoms with Crippen molar-refractivity contribution in [1.82, 2.24) is 9.55 Å². The summed E-state index contributed by atoms with van der Waals surface area (Å²) < 4.78 is 2.31. The molecule has 0 aliphatic heterocycles. The van der Waals surface area contributed by atoms with Gasteiger partial charge in [-0.3, -0.25) is 0 Å². The fraction of sp³-hybridized carbons (Fsp3) is 0.278. The van der Waals surface area contributed by atoms with Gasteiger partial charge in [-0.05, 0) is 23.6 Å². The maximum atomic E-state index is 6.09. The summed E-state index contributed by atoms with van der Waals surface area (Å²) >= 11 is 0. The quantitative estimate of drug-likeness (QED) is 0.737. The Morgan fingerprint density at radius 1 is 1.05 bits per heavy atom. The van der Waals surface area contributed by atoms with E-state index in [1.807, 2.05) is 18.2 Å². The van der Waals surface area contributed by atoms with Gasteiger partial charge in [0.2, 0.25) is 0 Å². The maximum absolute atomic E-state index is 6.09. The normalized spacial score (nSPS) is 11.4. The molecule has 21 heavy (non-hydrogen) atoms. The van der Waals surface area contributed by atoms with Gasteiger partial charge in [-0.2, -0.15) is 0 Å². The summed E-state index contributed by atoms with van der Waals surface area (Å²) in [5, 5.41) is 0. The van der Waals surface area contributed by atoms with Gasteiger partial charge in [-0.1, -0.05) is 50.2 Å². The molecule has 0 saturated carbocycles. The number of hydrogen-bond acceptors (Lipinski definition) is 2. The summed E-state index contributed by atoms with van der Waals surface area (Å²) in [6.45, 7) is 5.41. The third-order valence-corrected chi connectivity index (χ3v) is 3.64. The number of rotatable bonds is 4. The van der Waals surface area contributed by atoms with Crippen LogP contribution in [0, 0.1) is 5.92 Å². The number of nitrogens with zero attached hydrogens (tertiary/aromatic N) is 2. The molecular weight excluding hydrogens is 258 g/mol. The molecule has 0 bridgehead atoms. The van der Waals surface area contributed by atoms with Gasteiger partial charge in [-0.25, -0.2) is 4.98 Å². The van der Waals surface area contributed by atoms with Crippen LogP contribution in [0.25, 0.3) is 11.0 Å². The number of aromatic nitrogens is 2. The number of fused-ring (bicyclic) bond motifs is 1. The second-order valence-electron chi connectivity index (χ2n) is 5.91. The van der Waals surface area contributed by atoms with Crippen LogP contribution in [0.15, 0.2) is 48.5 Å². The highest BCUT2D eigenvalue weighted by Crippen LogP contribution is 2.24. The average Bonchev–Trinajstić information content (AvgIpc) is 2.79. The molecule has 2 aromatic carbocycles. The number of nitrogens with two attached hydrogens (primary N) is 1. The molecule has 3 nitrogen and oxygen atoms in total. The van der Waals surface area contributed by atoms with Crippen LogP contribution >= 0.6 is 0 Å². The van der Waals surface area contributed by atoms with Crippen LogP contribution < -0.4 is 5.73 Å². The zero-order valence-electron chi connectivity index (χ0n) is 12.6. The minimum Gasteiger partial charge on any atom is -0.397 e. The van der Waals surface area contributed by atoms with E-state index in [4.69, 9.17) is 10.7 Å². The molecule has 0 radical (unpaired) electrons. The molecule has 0 unspecified atom stereocenters. The van der Waals surface area contributed by atoms with E-state index < -0.39 is 0 Å². The second-order valence-corrected chi connectivity index (χ2v) is 5.91. The van der Waals surface area contributed by atoms with Crippen LogP contribution in [-0.4, -0.2) is 9.55 Å². The van der Waals surface area contributed by atoms with Gasteiger partial charge in [-0.15, -0.1) is 0 Å². The van der Waals surface area contributed by atoms with Crippen LogP contribution in [0.2, 0.25) is 0 Å². The van der Waals surface area contributed by atoms with Crippen LogP contribution in [0.5, 0.6) is 0 Å². The van der Waals surface area contributed by atoms with E-state index in [2.05, 4.69) is 48.7 Å². The SMILES string of the molecule is CC(C)Cn1c(Cc2ccccc2)nc2c(N)cccc21. The predicted molar refractivity (Wildman–Crippen MR) is 88.2 cm³/mol. The topological polar surface area (TPSA) is 43.8 Å². The lowest BCUT2D eigenvalue weighted by atomic mass is 10.1. The van der Waals surface area contributed by atoms with E-state index in [0.717, 1.165) is 35.5 Å². The molecule has 3 aromatic rings. The molecule has 0 saturated heterocycles. The maximum Gasteiger partial charge on any atom is 0.114 e. The van der Waals surface area contributed by atoms with Crippen molar-refractivity contribution < 1.29 is 0 Å². The Balaban J connectivity index is 2.10. The van der Waals surface area contributed by atoms with Crippen LogP contribution in [-0.2, 0) is 13.0 Å². The van der Waals surface area contributed by atoms with Gasteiger partial charge in [0.05, 0.1) is 11.2 Å². The summed E-state index contributed by atoms with van der Waals surface area (Å²) in [4.78, 5) is 4.80. The van der Waals surface area contributed by atoms with E-state index in [9.17, 15) is 0 Å². The Labute approximate surface area is 125 Å². The van der Waals surface area contributed by atoms with Crippen molar-refractivity contribution in [2.24, 2.45) is 5.92 Å². The van der Waals surface area contributed by atoms with E-state index in [0.29, 0.717) is 5.92 Å². The van der Waals surface area contributed by atoms with Crippen molar-refractivity contribution in [3.63, 3.8) is 0 Å². The molecule has 1 aromatic heterocycles. The number of anilines is 1. The number of imidazole rings is 1. The first kappa shape index (κ1) is 13.7. The molecule has 0 aliphatic carbocycles. The van der Waals surface area contributed by atoms with Gasteiger partial charge in [0.1, 0.15) is 11.3 Å². The summed E-state index contributed by atoms with van der Waals surface area (Å²) in [6, 6.07) is 16.5. The number of para-hydroxylation sites is 1. The van der Waals surface area contributed by atoms with Gasteiger partial charge < -0.3 is 10.3 Å². The summed E-state index contributed by atoms with van der Waals surface area (Å²) in [5.41, 5.74) is 10.2. The van der Waals surface area contributed by atoms with Gasteiger partial charge >= 0.3 is 0 Å². The monoisotopic (exact) mass is 279 g/mol. The third kappa shape index (κ3) is 2.77. The molecule has 0 spiro atoms. The standard InChI is InChI=1S/C18H21N3/c1-13(2)12-21-16-10-6-9-15(19)18(16)20-17(21)11-14-7-4-3-5-8-14/h3-10,13H,11-12,19H2,1-2H3. The van der Waals surface area contributed by atoms with Crippen LogP contribution in [0.1, 0.15) is 25.2 Å². The molecule has 3 rings (SSSR count). The Morgan fingerprint density at radius 2 is 1.81 bits per heavy atom. The van der Waals surface area contributed by atoms with Crippen molar-refractivity contribution in [3.05, 3.63) is 59.9 Å². The highest BCUT2D eigenvalue weighted by Gasteiger charge is 2.13. The lowest BCUT2D eigenvalue weighted by Crippen LogP contribution is -2.09. The van der Waals surface area contributed by atoms with Crippen molar-refractivity contribution in [2.45, 2.75) is 26.8 Å². The van der Waals surface area contributed by atoms with Crippen LogP contribution in [0.3, 0.4) is 0 Å². The zero-order valence-corrected chi connectivity index (χ0v) is 12.6. The molecule has 108 valence electrons. The number of benzene rings is 2. The molecule has 0 atom stereocenters. The lowest BCUT2D eigenvalue weighted by Gasteiger charge is -2.12. The first-order valence-corrected chi connectivity index (χ1v) is 7.42. The summed E-state index contributed by atoms with van der Waals surface area (Å²) in [6.07, 6.45) is 0.835. The highest BCUT2D eigenvalue weighted by molar-refractivity contribution is 5.87. The Morgan fingerprint density at radius 3 is 2.52 bits per heavy atom. The third-order valence-electron chi connectivity index (χ3n) is 3.64. The lowest BCUT2D eigenvalue weighted by molar-refractivity contribution is 0.520. The minimum absolute atomic E-state index is 0.568. The minimum atomic E-state index is 0.568. The highest BCUT2D eigenvalue weighted by atomic mass is 15.1. The summed E-state index contributed by atoms with van der Waals surface area (Å²) in [7, 11) is 0. The molecule has 0 amide bonds. The number of hydrogen-bond donors (Lipinski definition) is 1. The molecule has 0 fully saturated rings. The molecular formula is C18H21N3. The summed E-state index contributed by atoms with van der Waals surface area (Å²) in [5.74, 6) is 1.65. The average molecular weight is 279 g/mol. The van der Waals surface area contributed by atoms with Crippen molar-refractivity contribution in [1.29, 1.82) is 0 Å². The van der Waals surface area contributed by atoms with E-state index >= 15 is 0 Å². The molecule has 2 N–H and O–H groups in total. The molecule has 3 heteroatoms. The van der Waals surface area contributed by atoms with E-state index in [1.165, 1.54) is 5.56 Å². The fourth-order valence-corrected chi connectivity index (χ4v) is 2.70. The van der Waals surface area contributed by atoms with Gasteiger partial charge in [0.15, 0.2) is 0 Å². The van der Waals surface area contributed by atoms with Crippen molar-refractivity contribution >= 4 is 16.7 Å². The largest absolute Gasteiger partial charge is 0.397 e. The van der Waals surface area contributed by atoms with Gasteiger partial charge in [0.25, 0.3) is 0 Å². The van der Waals surface area contributed by atoms with Crippen molar-refractivity contribution in [3.8, 4) is 0 Å². The first-order valence-electron chi connectivity index (χ1n) is 7.42. The predicted octanol–water partition coefficient (Wildman–Crippen LogP) is 3.87. The first-order chi connectivity index (χ1) is 10.1. The molecule has 1 heterocycles. The molecule has 0 aliphatic rings. The second kappa shape index (κ2) is 5.60. The van der Waals surface area contributed by atoms with E-state index in [1.54, 1.807) is 0 Å². The van der Waals surface area contributed by atoms with Crippen LogP contribution in [0.4, 0.5) is 5.69 Å². The zero-order chi connectivity index (χ0) is 14.8. The Hall–Kier alpha value is -2.29. The van der Waals surface area contributed by atoms with Gasteiger partial charge in [0, 0.05) is 13.0 Å². The number of nitrogen functional groups attached to an aromatic ring is 1. The van der Waals surface area contributed by atoms with Crippen molar-refractivity contribution in [2.75, 3.05) is 5.73 Å². The Bertz CT molecular complexity index is 742.